The number of hydrogen-bond donors (Lipinski definition) is 0. The third kappa shape index (κ3) is 5.88. The van der Waals surface area contributed by atoms with Gasteiger partial charge < -0.3 is 9.47 Å². The molecule has 4 heteroatoms. The number of benzene rings is 2. The predicted molar refractivity (Wildman–Crippen MR) is 102 cm³/mol. The molecule has 0 amide bonds. The van der Waals surface area contributed by atoms with Gasteiger partial charge in [-0.05, 0) is 43.5 Å². The van der Waals surface area contributed by atoms with Gasteiger partial charge in [-0.1, -0.05) is 54.6 Å². The van der Waals surface area contributed by atoms with Crippen LogP contribution in [0, 0.1) is 0 Å². The molecule has 0 fully saturated rings. The van der Waals surface area contributed by atoms with Crippen LogP contribution in [0.5, 0.6) is 0 Å². The zero-order valence-electron chi connectivity index (χ0n) is 15.6. The van der Waals surface area contributed by atoms with Gasteiger partial charge >= 0.3 is 11.9 Å². The molecule has 0 atom stereocenters. The van der Waals surface area contributed by atoms with E-state index in [2.05, 4.69) is 0 Å². The van der Waals surface area contributed by atoms with Crippen LogP contribution in [-0.2, 0) is 19.1 Å². The van der Waals surface area contributed by atoms with E-state index in [0.717, 1.165) is 16.7 Å². The molecule has 0 N–H and O–H groups in total. The largest absolute Gasteiger partial charge is 0.466 e. The fourth-order valence-electron chi connectivity index (χ4n) is 2.45. The molecule has 136 valence electrons. The molecule has 0 bridgehead atoms. The van der Waals surface area contributed by atoms with Crippen molar-refractivity contribution in [2.75, 3.05) is 7.11 Å². The Balaban J connectivity index is 2.21. The molecule has 0 saturated carbocycles. The maximum absolute atomic E-state index is 12.0. The van der Waals surface area contributed by atoms with Crippen molar-refractivity contribution in [1.29, 1.82) is 0 Å². The van der Waals surface area contributed by atoms with Gasteiger partial charge in [0.2, 0.25) is 0 Å². The minimum absolute atomic E-state index is 0.135. The molecule has 0 saturated heterocycles. The number of methoxy groups -OCH3 is 1. The summed E-state index contributed by atoms with van der Waals surface area (Å²) in [5.74, 6) is -1.00. The van der Waals surface area contributed by atoms with Crippen molar-refractivity contribution in [2.24, 2.45) is 0 Å². The lowest BCUT2D eigenvalue weighted by Gasteiger charge is -2.19. The highest BCUT2D eigenvalue weighted by molar-refractivity contribution is 5.98. The van der Waals surface area contributed by atoms with Gasteiger partial charge in [-0.3, -0.25) is 4.79 Å². The number of hydrogen-bond acceptors (Lipinski definition) is 4. The third-order valence-corrected chi connectivity index (χ3v) is 3.56. The molecule has 0 aliphatic rings. The van der Waals surface area contributed by atoms with Crippen LogP contribution in [0.25, 0.3) is 17.2 Å². The average molecular weight is 352 g/mol. The van der Waals surface area contributed by atoms with Gasteiger partial charge in [0.05, 0.1) is 13.5 Å². The minimum Gasteiger partial charge on any atom is -0.466 e. The van der Waals surface area contributed by atoms with E-state index < -0.39 is 17.5 Å². The molecular weight excluding hydrogens is 328 g/mol. The molecule has 0 heterocycles. The van der Waals surface area contributed by atoms with E-state index in [1.165, 1.54) is 7.11 Å². The Morgan fingerprint density at radius 2 is 1.50 bits per heavy atom. The Bertz CT molecular complexity index is 781. The first kappa shape index (κ1) is 19.4. The Labute approximate surface area is 154 Å². The second kappa shape index (κ2) is 8.48. The van der Waals surface area contributed by atoms with Gasteiger partial charge in [0.25, 0.3) is 0 Å². The van der Waals surface area contributed by atoms with Crippen LogP contribution in [0.1, 0.15) is 32.8 Å². The van der Waals surface area contributed by atoms with Gasteiger partial charge in [-0.2, -0.15) is 0 Å². The Hall–Kier alpha value is -2.88. The van der Waals surface area contributed by atoms with Crippen molar-refractivity contribution >= 4 is 18.0 Å². The molecule has 0 spiro atoms. The summed E-state index contributed by atoms with van der Waals surface area (Å²) in [6.07, 6.45) is 1.52. The smallest absolute Gasteiger partial charge is 0.334 e. The molecule has 2 aromatic rings. The zero-order chi connectivity index (χ0) is 19.2. The molecule has 0 unspecified atom stereocenters. The summed E-state index contributed by atoms with van der Waals surface area (Å²) in [4.78, 5) is 24.1. The van der Waals surface area contributed by atoms with Gasteiger partial charge in [-0.25, -0.2) is 4.79 Å². The molecule has 4 nitrogen and oxygen atoms in total. The standard InChI is InChI=1S/C22H24O4/c1-22(2,3)26-20(23)15-19(21(24)25-4)14-16-10-12-18(13-11-16)17-8-6-5-7-9-17/h5-14H,15H2,1-4H3/b19-14-. The summed E-state index contributed by atoms with van der Waals surface area (Å²) < 4.78 is 10.1. The van der Waals surface area contributed by atoms with Crippen molar-refractivity contribution in [3.8, 4) is 11.1 Å². The molecule has 2 aromatic carbocycles. The van der Waals surface area contributed by atoms with Gasteiger partial charge in [-0.15, -0.1) is 0 Å². The first-order valence-electron chi connectivity index (χ1n) is 8.45. The summed E-state index contributed by atoms with van der Waals surface area (Å²) in [7, 11) is 1.30. The Morgan fingerprint density at radius 1 is 0.923 bits per heavy atom. The Morgan fingerprint density at radius 3 is 2.04 bits per heavy atom. The van der Waals surface area contributed by atoms with E-state index in [9.17, 15) is 9.59 Å². The van der Waals surface area contributed by atoms with Crippen molar-refractivity contribution < 1.29 is 19.1 Å². The van der Waals surface area contributed by atoms with Crippen molar-refractivity contribution in [1.82, 2.24) is 0 Å². The summed E-state index contributed by atoms with van der Waals surface area (Å²) in [6.45, 7) is 5.36. The predicted octanol–water partition coefficient (Wildman–Crippen LogP) is 4.64. The normalized spacial score (nSPS) is 11.8. The van der Waals surface area contributed by atoms with Crippen molar-refractivity contribution in [3.63, 3.8) is 0 Å². The summed E-state index contributed by atoms with van der Waals surface area (Å²) in [5.41, 5.74) is 2.66. The monoisotopic (exact) mass is 352 g/mol. The van der Waals surface area contributed by atoms with Crippen molar-refractivity contribution in [2.45, 2.75) is 32.8 Å². The number of carbonyl (C=O) groups is 2. The Kier molecular flexibility index (Phi) is 6.34. The van der Waals surface area contributed by atoms with E-state index in [4.69, 9.17) is 9.47 Å². The van der Waals surface area contributed by atoms with Crippen LogP contribution in [0.2, 0.25) is 0 Å². The highest BCUT2D eigenvalue weighted by atomic mass is 16.6. The van der Waals surface area contributed by atoms with E-state index in [1.54, 1.807) is 26.8 Å². The topological polar surface area (TPSA) is 52.6 Å². The molecule has 0 aromatic heterocycles. The van der Waals surface area contributed by atoms with Crippen LogP contribution in [0.15, 0.2) is 60.2 Å². The molecule has 0 aliphatic heterocycles. The van der Waals surface area contributed by atoms with Gasteiger partial charge in [0.1, 0.15) is 5.60 Å². The molecular formula is C22H24O4. The summed E-state index contributed by atoms with van der Waals surface area (Å²) in [5, 5.41) is 0. The van der Waals surface area contributed by atoms with Crippen LogP contribution >= 0.6 is 0 Å². The lowest BCUT2D eigenvalue weighted by atomic mass is 10.0. The van der Waals surface area contributed by atoms with E-state index >= 15 is 0 Å². The quantitative estimate of drug-likeness (QED) is 0.581. The van der Waals surface area contributed by atoms with Crippen LogP contribution in [-0.4, -0.2) is 24.6 Å². The average Bonchev–Trinajstić information content (AvgIpc) is 2.60. The maximum atomic E-state index is 12.0. The van der Waals surface area contributed by atoms with E-state index in [0.29, 0.717) is 0 Å². The lowest BCUT2D eigenvalue weighted by molar-refractivity contribution is -0.155. The first-order chi connectivity index (χ1) is 12.3. The number of carbonyl (C=O) groups excluding carboxylic acids is 2. The summed E-state index contributed by atoms with van der Waals surface area (Å²) in [6, 6.07) is 17.8. The number of rotatable bonds is 5. The molecule has 0 radical (unpaired) electrons. The van der Waals surface area contributed by atoms with Gasteiger partial charge in [0.15, 0.2) is 0 Å². The third-order valence-electron chi connectivity index (χ3n) is 3.56. The second-order valence-electron chi connectivity index (χ2n) is 6.91. The van der Waals surface area contributed by atoms with Crippen LogP contribution < -0.4 is 0 Å². The van der Waals surface area contributed by atoms with Gasteiger partial charge in [0, 0.05) is 5.57 Å². The maximum Gasteiger partial charge on any atom is 0.334 e. The van der Waals surface area contributed by atoms with Crippen LogP contribution in [0.4, 0.5) is 0 Å². The number of ether oxygens (including phenoxy) is 2. The van der Waals surface area contributed by atoms with Crippen molar-refractivity contribution in [3.05, 3.63) is 65.7 Å². The highest BCUT2D eigenvalue weighted by Crippen LogP contribution is 2.21. The molecule has 0 aliphatic carbocycles. The summed E-state index contributed by atoms with van der Waals surface area (Å²) >= 11 is 0. The molecule has 26 heavy (non-hydrogen) atoms. The zero-order valence-corrected chi connectivity index (χ0v) is 15.6. The van der Waals surface area contributed by atoms with Crippen LogP contribution in [0.3, 0.4) is 0 Å². The SMILES string of the molecule is COC(=O)/C(=C\c1ccc(-c2ccccc2)cc1)CC(=O)OC(C)(C)C. The van der Waals surface area contributed by atoms with E-state index in [-0.39, 0.29) is 12.0 Å². The number of esters is 2. The lowest BCUT2D eigenvalue weighted by Crippen LogP contribution is -2.24. The fraction of sp³-hybridized carbons (Fsp3) is 0.273. The minimum atomic E-state index is -0.602. The first-order valence-corrected chi connectivity index (χ1v) is 8.45. The van der Waals surface area contributed by atoms with E-state index in [1.807, 2.05) is 54.6 Å². The fourth-order valence-corrected chi connectivity index (χ4v) is 2.45. The molecule has 2 rings (SSSR count). The second-order valence-corrected chi connectivity index (χ2v) is 6.91. The highest BCUT2D eigenvalue weighted by Gasteiger charge is 2.20.